The summed E-state index contributed by atoms with van der Waals surface area (Å²) in [5.41, 5.74) is 5.01. The van der Waals surface area contributed by atoms with E-state index >= 15 is 0 Å². The van der Waals surface area contributed by atoms with E-state index in [0.29, 0.717) is 6.42 Å². The minimum atomic E-state index is 0.255. The van der Waals surface area contributed by atoms with Crippen molar-refractivity contribution >= 4 is 40.2 Å². The number of carbonyl (C=O) groups excluding carboxylic acids is 1. The number of anilines is 1. The number of thioether (sulfide) groups is 1. The number of hydrogen-bond donors (Lipinski definition) is 1. The number of carbonyl (C=O) groups is 1. The summed E-state index contributed by atoms with van der Waals surface area (Å²) >= 11 is 1.81. The van der Waals surface area contributed by atoms with Crippen molar-refractivity contribution in [3.05, 3.63) is 70.9 Å². The molecule has 1 aromatic heterocycles. The molecule has 0 bridgehead atoms. The Hall–Kier alpha value is -2.59. The molecule has 28 heavy (non-hydrogen) atoms. The average molecular weight is 392 g/mol. The number of rotatable bonds is 3. The number of aromatic nitrogens is 1. The maximum absolute atomic E-state index is 9.81. The van der Waals surface area contributed by atoms with Crippen LogP contribution in [0.3, 0.4) is 0 Å². The van der Waals surface area contributed by atoms with Crippen LogP contribution in [0.25, 0.3) is 17.0 Å². The Morgan fingerprint density at radius 3 is 2.57 bits per heavy atom. The summed E-state index contributed by atoms with van der Waals surface area (Å²) < 4.78 is 2.36. The Bertz CT molecular complexity index is 1040. The first-order valence-corrected chi connectivity index (χ1v) is 10.5. The molecule has 2 heterocycles. The van der Waals surface area contributed by atoms with Crippen LogP contribution in [-0.2, 0) is 11.3 Å². The van der Waals surface area contributed by atoms with Crippen LogP contribution in [0.1, 0.15) is 38.4 Å². The Morgan fingerprint density at radius 1 is 1.11 bits per heavy atom. The first-order valence-electron chi connectivity index (χ1n) is 9.70. The van der Waals surface area contributed by atoms with E-state index in [1.54, 1.807) is 18.7 Å². The van der Waals surface area contributed by atoms with E-state index in [-0.39, 0.29) is 5.78 Å². The zero-order valence-corrected chi connectivity index (χ0v) is 17.8. The minimum absolute atomic E-state index is 0.255. The zero-order valence-electron chi connectivity index (χ0n) is 17.0. The predicted molar refractivity (Wildman–Crippen MR) is 119 cm³/mol. The molecule has 0 aliphatic carbocycles. The largest absolute Gasteiger partial charge is 0.349 e. The van der Waals surface area contributed by atoms with E-state index in [2.05, 4.69) is 84.4 Å². The lowest BCUT2D eigenvalue weighted by Crippen LogP contribution is -2.36. The maximum atomic E-state index is 9.81. The van der Waals surface area contributed by atoms with Crippen molar-refractivity contribution in [2.75, 3.05) is 5.32 Å². The molecular formula is C24H27N2OS+. The van der Waals surface area contributed by atoms with Crippen molar-refractivity contribution in [1.29, 1.82) is 0 Å². The molecule has 1 N–H and O–H groups in total. The first kappa shape index (κ1) is 20.2. The van der Waals surface area contributed by atoms with Gasteiger partial charge in [-0.1, -0.05) is 36.9 Å². The monoisotopic (exact) mass is 391 g/mol. The fraction of sp³-hybridized carbons (Fsp3) is 0.250. The van der Waals surface area contributed by atoms with Crippen LogP contribution in [0.2, 0.25) is 0 Å². The predicted octanol–water partition coefficient (Wildman–Crippen LogP) is 5.96. The van der Waals surface area contributed by atoms with Crippen molar-refractivity contribution in [3.63, 3.8) is 0 Å². The van der Waals surface area contributed by atoms with E-state index < -0.39 is 0 Å². The highest BCUT2D eigenvalue weighted by Gasteiger charge is 2.18. The van der Waals surface area contributed by atoms with Gasteiger partial charge in [0, 0.05) is 34.9 Å². The van der Waals surface area contributed by atoms with Gasteiger partial charge in [-0.15, -0.1) is 0 Å². The van der Waals surface area contributed by atoms with Gasteiger partial charge in [-0.05, 0) is 50.6 Å². The SMILES string of the molecule is CCC(C)=O.CC[n+]1c(/C=C2\Nc3ccc(C)cc3S2)ccc2ccccc21. The third kappa shape index (κ3) is 4.63. The van der Waals surface area contributed by atoms with Gasteiger partial charge in [0.1, 0.15) is 12.3 Å². The summed E-state index contributed by atoms with van der Waals surface area (Å²) in [6.07, 6.45) is 2.91. The van der Waals surface area contributed by atoms with Crippen LogP contribution in [0.5, 0.6) is 0 Å². The van der Waals surface area contributed by atoms with Crippen LogP contribution < -0.4 is 9.88 Å². The standard InChI is InChI=1S/C20H18N2S.C4H8O/c1-3-22-16(10-9-15-6-4-5-7-18(15)22)13-20-21-17-11-8-14(2)12-19(17)23-20;1-3-4(2)5/h4-13H,3H2,1-2H3;3H2,1-2H3/p+1. The van der Waals surface area contributed by atoms with Crippen molar-refractivity contribution in [2.45, 2.75) is 45.6 Å². The number of hydrogen-bond acceptors (Lipinski definition) is 3. The van der Waals surface area contributed by atoms with Gasteiger partial charge < -0.3 is 10.1 Å². The van der Waals surface area contributed by atoms with Gasteiger partial charge >= 0.3 is 0 Å². The molecule has 4 heteroatoms. The number of benzene rings is 2. The number of pyridine rings is 1. The number of ketones is 1. The Balaban J connectivity index is 0.000000403. The zero-order chi connectivity index (χ0) is 20.1. The maximum Gasteiger partial charge on any atom is 0.212 e. The van der Waals surface area contributed by atoms with Crippen molar-refractivity contribution < 1.29 is 9.36 Å². The summed E-state index contributed by atoms with van der Waals surface area (Å²) in [6, 6.07) is 19.5. The highest BCUT2D eigenvalue weighted by molar-refractivity contribution is 8.03. The van der Waals surface area contributed by atoms with Crippen LogP contribution in [0, 0.1) is 6.92 Å². The van der Waals surface area contributed by atoms with Gasteiger partial charge in [-0.2, -0.15) is 4.57 Å². The number of nitrogens with zero attached hydrogens (tertiary/aromatic N) is 1. The van der Waals surface area contributed by atoms with Crippen LogP contribution in [0.15, 0.2) is 64.5 Å². The lowest BCUT2D eigenvalue weighted by atomic mass is 10.2. The molecule has 1 aliphatic heterocycles. The fourth-order valence-corrected chi connectivity index (χ4v) is 4.10. The van der Waals surface area contributed by atoms with E-state index in [4.69, 9.17) is 0 Å². The van der Waals surface area contributed by atoms with Crippen molar-refractivity contribution in [3.8, 4) is 0 Å². The number of para-hydroxylation sites is 1. The molecule has 144 valence electrons. The quantitative estimate of drug-likeness (QED) is 0.559. The second-order valence-electron chi connectivity index (χ2n) is 6.85. The van der Waals surface area contributed by atoms with E-state index in [1.165, 1.54) is 37.8 Å². The fourth-order valence-electron chi connectivity index (χ4n) is 3.05. The molecule has 0 amide bonds. The average Bonchev–Trinajstić information content (AvgIpc) is 3.09. The lowest BCUT2D eigenvalue weighted by molar-refractivity contribution is -0.669. The lowest BCUT2D eigenvalue weighted by Gasteiger charge is -2.04. The van der Waals surface area contributed by atoms with Gasteiger partial charge in [-0.3, -0.25) is 0 Å². The van der Waals surface area contributed by atoms with Gasteiger partial charge in [0.15, 0.2) is 0 Å². The molecule has 2 aromatic carbocycles. The third-order valence-corrected chi connectivity index (χ3v) is 5.68. The van der Waals surface area contributed by atoms with E-state index in [0.717, 1.165) is 6.54 Å². The van der Waals surface area contributed by atoms with Crippen LogP contribution >= 0.6 is 11.8 Å². The van der Waals surface area contributed by atoms with Gasteiger partial charge in [0.2, 0.25) is 11.2 Å². The molecule has 0 spiro atoms. The van der Waals surface area contributed by atoms with Crippen molar-refractivity contribution in [1.82, 2.24) is 0 Å². The highest BCUT2D eigenvalue weighted by atomic mass is 32.2. The molecule has 0 radical (unpaired) electrons. The normalized spacial score (nSPS) is 13.6. The molecule has 3 nitrogen and oxygen atoms in total. The summed E-state index contributed by atoms with van der Waals surface area (Å²) in [5.74, 6) is 0.255. The summed E-state index contributed by atoms with van der Waals surface area (Å²) in [4.78, 5) is 11.1. The topological polar surface area (TPSA) is 33.0 Å². The number of Topliss-reactive ketones (excluding diaryl/α,β-unsaturated/α-hetero) is 1. The van der Waals surface area contributed by atoms with Gasteiger partial charge in [-0.25, -0.2) is 0 Å². The van der Waals surface area contributed by atoms with Gasteiger partial charge in [0.05, 0.1) is 10.7 Å². The Kier molecular flexibility index (Phi) is 6.53. The smallest absolute Gasteiger partial charge is 0.212 e. The van der Waals surface area contributed by atoms with Crippen molar-refractivity contribution in [2.24, 2.45) is 0 Å². The second-order valence-corrected chi connectivity index (χ2v) is 7.94. The summed E-state index contributed by atoms with van der Waals surface area (Å²) in [6.45, 7) is 8.72. The summed E-state index contributed by atoms with van der Waals surface area (Å²) in [5, 5.41) is 5.98. The third-order valence-electron chi connectivity index (χ3n) is 4.68. The molecule has 0 unspecified atom stereocenters. The van der Waals surface area contributed by atoms with E-state index in [1.807, 2.05) is 6.92 Å². The summed E-state index contributed by atoms with van der Waals surface area (Å²) in [7, 11) is 0. The number of aryl methyl sites for hydroxylation is 2. The number of nitrogens with one attached hydrogen (secondary N) is 1. The molecule has 0 saturated carbocycles. The minimum Gasteiger partial charge on any atom is -0.349 e. The Morgan fingerprint density at radius 2 is 1.86 bits per heavy atom. The molecule has 1 aliphatic rings. The van der Waals surface area contributed by atoms with Crippen LogP contribution in [-0.4, -0.2) is 5.78 Å². The molecule has 0 saturated heterocycles. The molecular weight excluding hydrogens is 364 g/mol. The molecule has 4 rings (SSSR count). The molecule has 3 aromatic rings. The highest BCUT2D eigenvalue weighted by Crippen LogP contribution is 2.41. The molecule has 0 atom stereocenters. The Labute approximate surface area is 171 Å². The second kappa shape index (κ2) is 9.07. The molecule has 0 fully saturated rings. The van der Waals surface area contributed by atoms with Gasteiger partial charge in [0.25, 0.3) is 0 Å². The number of fused-ring (bicyclic) bond motifs is 2. The van der Waals surface area contributed by atoms with E-state index in [9.17, 15) is 4.79 Å². The van der Waals surface area contributed by atoms with Crippen LogP contribution in [0.4, 0.5) is 5.69 Å². The first-order chi connectivity index (χ1) is 13.5.